The van der Waals surface area contributed by atoms with E-state index in [1.807, 2.05) is 0 Å². The minimum absolute atomic E-state index is 0.0309. The summed E-state index contributed by atoms with van der Waals surface area (Å²) in [5, 5.41) is 9.12. The van der Waals surface area contributed by atoms with Gasteiger partial charge in [0.25, 0.3) is 0 Å². The van der Waals surface area contributed by atoms with Crippen LogP contribution in [0.2, 0.25) is 0 Å². The normalized spacial score (nSPS) is 35.1. The summed E-state index contributed by atoms with van der Waals surface area (Å²) in [6.45, 7) is 14.5. The molecule has 254 valence electrons. The van der Waals surface area contributed by atoms with Crippen molar-refractivity contribution in [2.45, 2.75) is 140 Å². The topological polar surface area (TPSA) is 30.2 Å². The number of fused-ring (bicyclic) bond motifs is 14. The third kappa shape index (κ3) is 3.16. The molecule has 7 atom stereocenters. The fourth-order valence-electron chi connectivity index (χ4n) is 14.9. The average Bonchev–Trinajstić information content (AvgIpc) is 3.70. The molecule has 8 aliphatic carbocycles. The lowest BCUT2D eigenvalue weighted by Crippen LogP contribution is -2.41. The molecule has 50 heavy (non-hydrogen) atoms. The number of benzene rings is 2. The Hall–Kier alpha value is -3.20. The Balaban J connectivity index is 1.25. The third-order valence-corrected chi connectivity index (χ3v) is 16.7. The van der Waals surface area contributed by atoms with E-state index in [0.717, 1.165) is 23.7 Å². The van der Waals surface area contributed by atoms with Gasteiger partial charge in [0.05, 0.1) is 28.9 Å². The van der Waals surface area contributed by atoms with Crippen LogP contribution in [0.1, 0.15) is 163 Å². The highest BCUT2D eigenvalue weighted by Gasteiger charge is 2.66. The second-order valence-electron chi connectivity index (χ2n) is 21.2. The van der Waals surface area contributed by atoms with E-state index in [4.69, 9.17) is 9.97 Å². The lowest BCUT2D eigenvalue weighted by atomic mass is 9.56. The Kier molecular flexibility index (Phi) is 4.84. The zero-order valence-corrected chi connectivity index (χ0v) is 30.9. The minimum atomic E-state index is 0.0309. The van der Waals surface area contributed by atoms with E-state index < -0.39 is 0 Å². The molecule has 3 heteroatoms. The Labute approximate surface area is 296 Å². The quantitative estimate of drug-likeness (QED) is 0.163. The minimum Gasteiger partial charge on any atom is -0.305 e. The molecule has 4 heterocycles. The molecule has 6 aromatic rings. The predicted octanol–water partition coefficient (Wildman–Crippen LogP) is 12.2. The lowest BCUT2D eigenvalue weighted by molar-refractivity contribution is 0.00321. The summed E-state index contributed by atoms with van der Waals surface area (Å²) in [5.41, 5.74) is 14.1. The summed E-state index contributed by atoms with van der Waals surface area (Å²) in [5.74, 6) is 6.29. The van der Waals surface area contributed by atoms with Crippen LogP contribution in [0.15, 0.2) is 30.6 Å². The van der Waals surface area contributed by atoms with Gasteiger partial charge in [-0.25, -0.2) is 0 Å². The van der Waals surface area contributed by atoms with E-state index in [9.17, 15) is 0 Å². The van der Waals surface area contributed by atoms with Gasteiger partial charge in [-0.15, -0.1) is 0 Å². The SMILES string of the molecule is CC(C)(C)c1cc(C(C)(C)C)c2cc3c4c5c(ncc4n4c6cnc7c(c6c(c2c1)c34)C1CC2CC3CC7CC32C1)C1CC2CC(C1)CC5C2. The van der Waals surface area contributed by atoms with Crippen molar-refractivity contribution in [2.75, 3.05) is 0 Å². The van der Waals surface area contributed by atoms with Crippen LogP contribution in [0.4, 0.5) is 0 Å². The Morgan fingerprint density at radius 1 is 0.580 bits per heavy atom. The van der Waals surface area contributed by atoms with Crippen LogP contribution in [-0.4, -0.2) is 14.4 Å². The van der Waals surface area contributed by atoms with Crippen LogP contribution >= 0.6 is 0 Å². The number of nitrogens with zero attached hydrogens (tertiary/aromatic N) is 3. The van der Waals surface area contributed by atoms with Crippen molar-refractivity contribution in [2.24, 2.45) is 29.1 Å². The molecule has 7 unspecified atom stereocenters. The third-order valence-electron chi connectivity index (χ3n) is 16.7. The maximum Gasteiger partial charge on any atom is 0.0728 e. The van der Waals surface area contributed by atoms with Crippen LogP contribution in [0.5, 0.6) is 0 Å². The second kappa shape index (κ2) is 8.53. The lowest BCUT2D eigenvalue weighted by Gasteiger charge is -2.48. The Bertz CT molecular complexity index is 2520. The van der Waals surface area contributed by atoms with E-state index >= 15 is 0 Å². The number of hydrogen-bond acceptors (Lipinski definition) is 2. The summed E-state index contributed by atoms with van der Waals surface area (Å²) >= 11 is 0. The molecule has 0 radical (unpaired) electrons. The van der Waals surface area contributed by atoms with Crippen LogP contribution in [-0.2, 0) is 10.8 Å². The molecule has 1 spiro atoms. The fraction of sp³-hybridized carbons (Fsp3) is 0.574. The number of hydrogen-bond donors (Lipinski definition) is 0. The first-order valence-electron chi connectivity index (χ1n) is 20.5. The standard InChI is InChI=1S/C47H51N3/c1-45(2,3)28-15-32-31(34(16-28)46(4,5)6)17-33-39-35(20-48-42-25-10-22-7-23(11-25)9-24(8-22)37(39)42)50-36-21-49-43-27-13-30-14-29-12-26(18-47(29,30)19-27)38(43)41(36)40(32)44(33)50/h15-17,20-27,29-30H,7-14,18-19H2,1-6H3. The maximum atomic E-state index is 5.58. The van der Waals surface area contributed by atoms with E-state index in [-0.39, 0.29) is 10.8 Å². The number of pyridine rings is 2. The van der Waals surface area contributed by atoms with Gasteiger partial charge in [0, 0.05) is 44.8 Å². The van der Waals surface area contributed by atoms with Gasteiger partial charge in [-0.3, -0.25) is 9.97 Å². The summed E-state index contributed by atoms with van der Waals surface area (Å²) in [7, 11) is 0. The molecule has 5 saturated carbocycles. The highest BCUT2D eigenvalue weighted by molar-refractivity contribution is 6.32. The molecule has 0 amide bonds. The van der Waals surface area contributed by atoms with Crippen LogP contribution < -0.4 is 0 Å². The van der Waals surface area contributed by atoms with Crippen molar-refractivity contribution in [3.8, 4) is 0 Å². The van der Waals surface area contributed by atoms with Crippen LogP contribution in [0.25, 0.3) is 48.9 Å². The summed E-state index contributed by atoms with van der Waals surface area (Å²) in [6.07, 6.45) is 18.6. The fourth-order valence-corrected chi connectivity index (χ4v) is 14.9. The molecule has 0 aliphatic heterocycles. The highest BCUT2D eigenvalue weighted by Crippen LogP contribution is 2.76. The molecular weight excluding hydrogens is 607 g/mol. The van der Waals surface area contributed by atoms with Crippen molar-refractivity contribution in [3.05, 3.63) is 64.2 Å². The molecule has 5 fully saturated rings. The molecule has 8 aliphatic rings. The molecule has 0 saturated heterocycles. The van der Waals surface area contributed by atoms with E-state index in [0.29, 0.717) is 29.1 Å². The van der Waals surface area contributed by atoms with Crippen molar-refractivity contribution in [1.82, 2.24) is 14.4 Å². The van der Waals surface area contributed by atoms with Gasteiger partial charge in [-0.05, 0) is 161 Å². The van der Waals surface area contributed by atoms with E-state index in [2.05, 4.69) is 76.5 Å². The van der Waals surface area contributed by atoms with Crippen LogP contribution in [0.3, 0.4) is 0 Å². The molecule has 2 aromatic carbocycles. The highest BCUT2D eigenvalue weighted by atomic mass is 15.0. The van der Waals surface area contributed by atoms with Gasteiger partial charge in [0.1, 0.15) is 0 Å². The van der Waals surface area contributed by atoms with Gasteiger partial charge < -0.3 is 4.40 Å². The largest absolute Gasteiger partial charge is 0.305 e. The molecule has 4 aromatic heterocycles. The molecule has 3 nitrogen and oxygen atoms in total. The molecule has 0 N–H and O–H groups in total. The van der Waals surface area contributed by atoms with Crippen LogP contribution in [0, 0.1) is 29.1 Å². The molecule has 7 bridgehead atoms. The molecular formula is C47H51N3. The Morgan fingerprint density at radius 3 is 1.94 bits per heavy atom. The number of aromatic nitrogens is 3. The smallest absolute Gasteiger partial charge is 0.0728 e. The zero-order chi connectivity index (χ0) is 33.4. The Morgan fingerprint density at radius 2 is 1.22 bits per heavy atom. The van der Waals surface area contributed by atoms with Crippen molar-refractivity contribution < 1.29 is 0 Å². The van der Waals surface area contributed by atoms with Gasteiger partial charge in [0.2, 0.25) is 0 Å². The second-order valence-corrected chi connectivity index (χ2v) is 21.2. The van der Waals surface area contributed by atoms with Crippen molar-refractivity contribution >= 4 is 48.9 Å². The van der Waals surface area contributed by atoms with Gasteiger partial charge in [-0.2, -0.15) is 0 Å². The van der Waals surface area contributed by atoms with Crippen molar-refractivity contribution in [3.63, 3.8) is 0 Å². The zero-order valence-electron chi connectivity index (χ0n) is 30.9. The monoisotopic (exact) mass is 657 g/mol. The first-order chi connectivity index (χ1) is 24.0. The van der Waals surface area contributed by atoms with Gasteiger partial charge in [0.15, 0.2) is 0 Å². The summed E-state index contributed by atoms with van der Waals surface area (Å²) in [4.78, 5) is 11.1. The van der Waals surface area contributed by atoms with Crippen molar-refractivity contribution in [1.29, 1.82) is 0 Å². The summed E-state index contributed by atoms with van der Waals surface area (Å²) in [6, 6.07) is 7.88. The summed E-state index contributed by atoms with van der Waals surface area (Å²) < 4.78 is 2.69. The van der Waals surface area contributed by atoms with E-state index in [1.165, 1.54) is 119 Å². The van der Waals surface area contributed by atoms with E-state index in [1.54, 1.807) is 27.3 Å². The molecule has 14 rings (SSSR count). The first-order valence-corrected chi connectivity index (χ1v) is 20.5. The van der Waals surface area contributed by atoms with Gasteiger partial charge in [-0.1, -0.05) is 47.6 Å². The number of rotatable bonds is 0. The average molecular weight is 658 g/mol. The first kappa shape index (κ1) is 28.4. The maximum absolute atomic E-state index is 5.58. The predicted molar refractivity (Wildman–Crippen MR) is 205 cm³/mol. The van der Waals surface area contributed by atoms with Gasteiger partial charge >= 0.3 is 0 Å².